The Morgan fingerprint density at radius 2 is 0.761 bits per heavy atom. The molecule has 606 valence electrons. The van der Waals surface area contributed by atoms with E-state index in [4.69, 9.17) is 56.8 Å². The Labute approximate surface area is 678 Å². The number of fused-ring (bicyclic) bond motifs is 5. The molecule has 8 aromatic rings. The molecule has 8 aromatic carbocycles. The predicted octanol–water partition coefficient (Wildman–Crippen LogP) is 15.3. The standard InChI is InChI=1S/C95H94O22/c1-58(55-108-92-82(116-90(104)66-41-25-11-26-42-66)80(114-88(102)64-37-21-9-22-38-64)78(112-86(100)62-33-17-7-18-34-62)75(110-92)56-106-84(98)60-29-13-5-14-30-60)45-48-73(96)59(2)77-74(97)54-72-70-47-46-68-53-69(49-51-94(68,3)71(70)50-52-95(72,77)4)109-93-83(117-91(105)67-43-27-12-28-44-67)81(115-89(103)65-39-23-10-24-40-65)79(113-87(101)63-35-19-8-20-36-63)76(111-93)57-107-85(99)61-31-15-6-16-32-61/h5-44,46,58-59,69-72,75-83,92-93H,45,47-57H2,1-4H3/t58-,59-,69+,70-,71+,72+,75-,76-,77+,78-,79-,80+,81+,82-,83-,92+,93+,94+,95+/m1/s1. The lowest BCUT2D eigenvalue weighted by Crippen LogP contribution is -2.63. The molecule has 2 saturated heterocycles. The summed E-state index contributed by atoms with van der Waals surface area (Å²) in [6.45, 7) is 7.07. The maximum absolute atomic E-state index is 14.9. The van der Waals surface area contributed by atoms with Crippen LogP contribution in [0, 0.1) is 46.3 Å². The molecule has 22 nitrogen and oxygen atoms in total. The Hall–Kier alpha value is -11.6. The first kappa shape index (κ1) is 82.0. The molecular formula is C95H94O22. The number of carbonyl (C=O) groups excluding carboxylic acids is 10. The zero-order chi connectivity index (χ0) is 81.7. The van der Waals surface area contributed by atoms with Gasteiger partial charge < -0.3 is 56.8 Å². The van der Waals surface area contributed by atoms with Gasteiger partial charge in [-0.15, -0.1) is 0 Å². The van der Waals surface area contributed by atoms with Crippen molar-refractivity contribution in [2.75, 3.05) is 19.8 Å². The Morgan fingerprint density at radius 3 is 1.15 bits per heavy atom. The maximum Gasteiger partial charge on any atom is 0.338 e. The van der Waals surface area contributed by atoms with Gasteiger partial charge in [-0.25, -0.2) is 38.4 Å². The van der Waals surface area contributed by atoms with Gasteiger partial charge >= 0.3 is 47.8 Å². The molecule has 0 bridgehead atoms. The Bertz CT molecular complexity index is 4840. The van der Waals surface area contributed by atoms with E-state index in [1.807, 2.05) is 13.8 Å². The van der Waals surface area contributed by atoms with Crippen molar-refractivity contribution < 1.29 is 105 Å². The van der Waals surface area contributed by atoms with E-state index in [0.29, 0.717) is 44.9 Å². The van der Waals surface area contributed by atoms with Crippen LogP contribution < -0.4 is 0 Å². The number of rotatable bonds is 28. The molecule has 2 aliphatic heterocycles. The van der Waals surface area contributed by atoms with Gasteiger partial charge in [-0.2, -0.15) is 0 Å². The van der Waals surface area contributed by atoms with E-state index < -0.39 is 146 Å². The molecule has 14 rings (SSSR count). The number of ketones is 2. The Kier molecular flexibility index (Phi) is 26.0. The summed E-state index contributed by atoms with van der Waals surface area (Å²) in [5, 5.41) is 0. The minimum atomic E-state index is -1.64. The van der Waals surface area contributed by atoms with Crippen LogP contribution in [0.5, 0.6) is 0 Å². The van der Waals surface area contributed by atoms with Gasteiger partial charge in [-0.1, -0.05) is 185 Å². The number of hydrogen-bond acceptors (Lipinski definition) is 22. The van der Waals surface area contributed by atoms with Crippen molar-refractivity contribution in [2.24, 2.45) is 46.3 Å². The van der Waals surface area contributed by atoms with Gasteiger partial charge in [0.1, 0.15) is 37.0 Å². The lowest BCUT2D eigenvalue weighted by atomic mass is 9.47. The topological polar surface area (TPSA) is 281 Å². The van der Waals surface area contributed by atoms with Crippen molar-refractivity contribution in [3.05, 3.63) is 299 Å². The monoisotopic (exact) mass is 1590 g/mol. The number of esters is 8. The fourth-order valence-electron chi connectivity index (χ4n) is 18.1. The second-order valence-corrected chi connectivity index (χ2v) is 31.6. The Morgan fingerprint density at radius 1 is 0.410 bits per heavy atom. The third-order valence-electron chi connectivity index (χ3n) is 24.2. The number of hydrogen-bond donors (Lipinski definition) is 0. The van der Waals surface area contributed by atoms with Crippen molar-refractivity contribution in [3.63, 3.8) is 0 Å². The quantitative estimate of drug-likeness (QED) is 0.0250. The molecule has 0 unspecified atom stereocenters. The average Bonchev–Trinajstić information content (AvgIpc) is 1.62. The summed E-state index contributed by atoms with van der Waals surface area (Å²) in [6.07, 6.45) is -9.16. The van der Waals surface area contributed by atoms with Gasteiger partial charge in [-0.05, 0) is 177 Å². The van der Waals surface area contributed by atoms with Crippen molar-refractivity contribution in [2.45, 2.75) is 153 Å². The van der Waals surface area contributed by atoms with Crippen LogP contribution in [0.3, 0.4) is 0 Å². The molecule has 6 aliphatic rings. The summed E-state index contributed by atoms with van der Waals surface area (Å²) in [4.78, 5) is 143. The normalized spacial score (nSPS) is 27.5. The highest BCUT2D eigenvalue weighted by Crippen LogP contribution is 2.67. The van der Waals surface area contributed by atoms with Crippen LogP contribution in [0.4, 0.5) is 0 Å². The predicted molar refractivity (Wildman–Crippen MR) is 424 cm³/mol. The number of benzene rings is 8. The van der Waals surface area contributed by atoms with Crippen LogP contribution in [-0.4, -0.2) is 147 Å². The first-order valence-corrected chi connectivity index (χ1v) is 40.0. The maximum atomic E-state index is 14.9. The Balaban J connectivity index is 0.673. The van der Waals surface area contributed by atoms with E-state index in [0.717, 1.165) is 12.0 Å². The summed E-state index contributed by atoms with van der Waals surface area (Å²) in [5.74, 6) is -7.76. The van der Waals surface area contributed by atoms with E-state index in [-0.39, 0.29) is 98.2 Å². The van der Waals surface area contributed by atoms with Gasteiger partial charge in [0, 0.05) is 24.7 Å². The van der Waals surface area contributed by atoms with Crippen LogP contribution in [0.1, 0.15) is 168 Å². The highest BCUT2D eigenvalue weighted by molar-refractivity contribution is 5.95. The van der Waals surface area contributed by atoms with Crippen LogP contribution in [-0.2, 0) is 66.4 Å². The second-order valence-electron chi connectivity index (χ2n) is 31.6. The molecule has 0 radical (unpaired) electrons. The zero-order valence-electron chi connectivity index (χ0n) is 65.5. The van der Waals surface area contributed by atoms with Gasteiger partial charge in [0.25, 0.3) is 0 Å². The molecular weight excluding hydrogens is 1490 g/mol. The van der Waals surface area contributed by atoms with E-state index in [9.17, 15) is 47.9 Å². The lowest BCUT2D eigenvalue weighted by molar-refractivity contribution is -0.310. The fraction of sp³-hybridized carbons (Fsp3) is 0.368. The van der Waals surface area contributed by atoms with Gasteiger partial charge in [0.2, 0.25) is 0 Å². The molecule has 5 fully saturated rings. The average molecular weight is 1590 g/mol. The zero-order valence-corrected chi connectivity index (χ0v) is 65.5. The van der Waals surface area contributed by atoms with Crippen molar-refractivity contribution in [1.29, 1.82) is 0 Å². The molecule has 0 N–H and O–H groups in total. The number of Topliss-reactive ketones (excluding diaryl/α,β-unsaturated/α-hetero) is 2. The summed E-state index contributed by atoms with van der Waals surface area (Å²) in [5.41, 5.74) is 1.66. The van der Waals surface area contributed by atoms with Gasteiger partial charge in [-0.3, -0.25) is 9.59 Å². The molecule has 0 amide bonds. The number of carbonyl (C=O) groups is 10. The van der Waals surface area contributed by atoms with E-state index in [2.05, 4.69) is 19.9 Å². The largest absolute Gasteiger partial charge is 0.459 e. The van der Waals surface area contributed by atoms with Crippen LogP contribution in [0.15, 0.2) is 254 Å². The molecule has 0 aromatic heterocycles. The first-order valence-electron chi connectivity index (χ1n) is 40.0. The molecule has 4 aliphatic carbocycles. The van der Waals surface area contributed by atoms with Gasteiger partial charge in [0.05, 0.1) is 57.2 Å². The molecule has 22 heteroatoms. The van der Waals surface area contributed by atoms with Crippen molar-refractivity contribution in [1.82, 2.24) is 0 Å². The number of ether oxygens (including phenoxy) is 12. The second kappa shape index (κ2) is 37.1. The summed E-state index contributed by atoms with van der Waals surface area (Å²) >= 11 is 0. The lowest BCUT2D eigenvalue weighted by Gasteiger charge is -2.58. The minimum Gasteiger partial charge on any atom is -0.459 e. The highest BCUT2D eigenvalue weighted by Gasteiger charge is 2.63. The third kappa shape index (κ3) is 18.8. The smallest absolute Gasteiger partial charge is 0.338 e. The van der Waals surface area contributed by atoms with Gasteiger partial charge in [0.15, 0.2) is 49.2 Å². The summed E-state index contributed by atoms with van der Waals surface area (Å²) in [7, 11) is 0. The first-order chi connectivity index (χ1) is 56.7. The van der Waals surface area contributed by atoms with Crippen molar-refractivity contribution >= 4 is 59.3 Å². The van der Waals surface area contributed by atoms with E-state index in [1.165, 1.54) is 36.4 Å². The van der Waals surface area contributed by atoms with Crippen LogP contribution in [0.25, 0.3) is 0 Å². The number of allylic oxidation sites excluding steroid dienone is 1. The van der Waals surface area contributed by atoms with Crippen LogP contribution in [0.2, 0.25) is 0 Å². The minimum absolute atomic E-state index is 0.0228. The van der Waals surface area contributed by atoms with Crippen molar-refractivity contribution in [3.8, 4) is 0 Å². The molecule has 19 atom stereocenters. The van der Waals surface area contributed by atoms with Crippen LogP contribution >= 0.6 is 0 Å². The summed E-state index contributed by atoms with van der Waals surface area (Å²) in [6, 6.07) is 65.3. The fourth-order valence-corrected chi connectivity index (χ4v) is 18.1. The molecule has 2 heterocycles. The molecule has 117 heavy (non-hydrogen) atoms. The summed E-state index contributed by atoms with van der Waals surface area (Å²) < 4.78 is 76.8. The van der Waals surface area contributed by atoms with E-state index in [1.54, 1.807) is 206 Å². The SMILES string of the molecule is C[C@H](CCC(=O)[C@@H](C)[C@H]1C(=O)C[C@H]2[C@@H]3CC=C4C[C@@H](O[C@H]5O[C@H](COC(=O)c6ccccc6)[C@@H](OC(=O)c6ccccc6)[C@H](OC(=O)c6ccccc6)[C@H]5OC(=O)c5ccccc5)CC[C@]4(C)[C@H]3CC[C@]12C)CO[C@H]1O[C@H](COC(=O)c2ccccc2)[C@@H](OC(=O)c2ccccc2)[C@H](OC(=O)c2ccccc2)[C@H]1OC(=O)c1ccccc1. The third-order valence-corrected chi connectivity index (χ3v) is 24.2. The highest BCUT2D eigenvalue weighted by atomic mass is 16.8. The molecule has 0 spiro atoms. The molecule has 3 saturated carbocycles. The van der Waals surface area contributed by atoms with E-state index >= 15 is 0 Å².